The topological polar surface area (TPSA) is 26.3 Å². The Bertz CT molecular complexity index is 174. The van der Waals surface area contributed by atoms with Crippen molar-refractivity contribution in [2.75, 3.05) is 6.26 Å². The Morgan fingerprint density at radius 2 is 2.00 bits per heavy atom. The number of hydrogen-bond acceptors (Lipinski definition) is 3. The molecule has 0 bridgehead atoms. The van der Waals surface area contributed by atoms with E-state index in [1.807, 2.05) is 0 Å². The van der Waals surface area contributed by atoms with Gasteiger partial charge in [-0.1, -0.05) is 13.3 Å². The predicted octanol–water partition coefficient (Wildman–Crippen LogP) is 3.60. The lowest BCUT2D eigenvalue weighted by Crippen LogP contribution is -2.35. The number of thioether (sulfide) groups is 1. The van der Waals surface area contributed by atoms with Gasteiger partial charge in [0.1, 0.15) is 5.60 Å². The molecule has 1 aliphatic carbocycles. The Morgan fingerprint density at radius 3 is 2.46 bits per heavy atom. The number of hydrogen-bond donors (Lipinski definition) is 0. The first kappa shape index (κ1) is 10.9. The highest BCUT2D eigenvalue weighted by Crippen LogP contribution is 2.35. The van der Waals surface area contributed by atoms with Crippen molar-refractivity contribution in [3.8, 4) is 0 Å². The Balaban J connectivity index is 2.52. The first-order valence-corrected chi connectivity index (χ1v) is 6.22. The molecule has 0 spiro atoms. The molecule has 0 aromatic heterocycles. The number of carbonyl (C=O) groups is 1. The molecule has 0 aromatic rings. The lowest BCUT2D eigenvalue weighted by Gasteiger charge is -2.35. The minimum atomic E-state index is -0.127. The van der Waals surface area contributed by atoms with Gasteiger partial charge in [0.15, 0.2) is 0 Å². The van der Waals surface area contributed by atoms with E-state index in [0.29, 0.717) is 0 Å². The summed E-state index contributed by atoms with van der Waals surface area (Å²) in [6.07, 6.45) is 8.53. The van der Waals surface area contributed by atoms with Gasteiger partial charge in [0.25, 0.3) is 0 Å². The molecule has 3 heteroatoms. The van der Waals surface area contributed by atoms with Crippen LogP contribution in [0.25, 0.3) is 0 Å². The molecule has 0 aliphatic heterocycles. The third-order valence-corrected chi connectivity index (χ3v) is 3.29. The van der Waals surface area contributed by atoms with E-state index in [1.54, 1.807) is 6.26 Å². The van der Waals surface area contributed by atoms with Crippen molar-refractivity contribution in [2.45, 2.75) is 51.0 Å². The number of ether oxygens (including phenoxy) is 1. The van der Waals surface area contributed by atoms with Crippen molar-refractivity contribution >= 4 is 17.1 Å². The first-order valence-electron chi connectivity index (χ1n) is 4.99. The van der Waals surface area contributed by atoms with Gasteiger partial charge >= 0.3 is 5.30 Å². The normalized spacial score (nSPS) is 21.1. The molecule has 0 unspecified atom stereocenters. The molecular weight excluding hydrogens is 184 g/mol. The van der Waals surface area contributed by atoms with Crippen LogP contribution in [0.15, 0.2) is 0 Å². The molecule has 1 fully saturated rings. The molecule has 13 heavy (non-hydrogen) atoms. The maximum absolute atomic E-state index is 11.2. The highest BCUT2D eigenvalue weighted by atomic mass is 32.2. The lowest BCUT2D eigenvalue weighted by atomic mass is 9.83. The zero-order valence-corrected chi connectivity index (χ0v) is 9.28. The van der Waals surface area contributed by atoms with Gasteiger partial charge in [0, 0.05) is 0 Å². The van der Waals surface area contributed by atoms with E-state index in [4.69, 9.17) is 4.74 Å². The highest BCUT2D eigenvalue weighted by molar-refractivity contribution is 8.12. The van der Waals surface area contributed by atoms with Crippen LogP contribution in [0.4, 0.5) is 4.79 Å². The van der Waals surface area contributed by atoms with Gasteiger partial charge in [0.05, 0.1) is 0 Å². The summed E-state index contributed by atoms with van der Waals surface area (Å²) in [4.78, 5) is 11.2. The fraction of sp³-hybridized carbons (Fsp3) is 0.900. The van der Waals surface area contributed by atoms with Gasteiger partial charge < -0.3 is 4.74 Å². The van der Waals surface area contributed by atoms with Crippen LogP contribution in [0.5, 0.6) is 0 Å². The number of carbonyl (C=O) groups excluding carboxylic acids is 1. The van der Waals surface area contributed by atoms with Crippen LogP contribution in [0.1, 0.15) is 45.4 Å². The van der Waals surface area contributed by atoms with Gasteiger partial charge in [-0.25, -0.2) is 4.79 Å². The summed E-state index contributed by atoms with van der Waals surface area (Å²) in [7, 11) is 0. The summed E-state index contributed by atoms with van der Waals surface area (Å²) in [5.41, 5.74) is -0.127. The third-order valence-electron chi connectivity index (χ3n) is 2.88. The van der Waals surface area contributed by atoms with Crippen molar-refractivity contribution in [3.05, 3.63) is 0 Å². The van der Waals surface area contributed by atoms with E-state index in [9.17, 15) is 4.79 Å². The zero-order valence-electron chi connectivity index (χ0n) is 8.47. The van der Waals surface area contributed by atoms with Gasteiger partial charge in [-0.3, -0.25) is 0 Å². The standard InChI is InChI=1S/C10H18O2S/c1-3-10(12-9(11)13-2)7-5-4-6-8-10/h3-8H2,1-2H3. The minimum absolute atomic E-state index is 0.122. The highest BCUT2D eigenvalue weighted by Gasteiger charge is 2.33. The summed E-state index contributed by atoms with van der Waals surface area (Å²) in [5, 5.41) is -0.122. The Hall–Kier alpha value is -0.180. The fourth-order valence-corrected chi connectivity index (χ4v) is 2.20. The summed E-state index contributed by atoms with van der Waals surface area (Å²) in [5.74, 6) is 0. The molecule has 2 nitrogen and oxygen atoms in total. The molecule has 0 atom stereocenters. The Kier molecular flexibility index (Phi) is 4.10. The third kappa shape index (κ3) is 2.90. The second-order valence-electron chi connectivity index (χ2n) is 3.65. The average Bonchev–Trinajstić information content (AvgIpc) is 2.19. The summed E-state index contributed by atoms with van der Waals surface area (Å²) < 4.78 is 5.50. The molecule has 0 radical (unpaired) electrons. The van der Waals surface area contributed by atoms with E-state index in [2.05, 4.69) is 6.92 Å². The fourth-order valence-electron chi connectivity index (χ4n) is 1.94. The Morgan fingerprint density at radius 1 is 1.38 bits per heavy atom. The molecule has 76 valence electrons. The first-order chi connectivity index (χ1) is 6.22. The van der Waals surface area contributed by atoms with E-state index in [0.717, 1.165) is 19.3 Å². The van der Waals surface area contributed by atoms with Crippen LogP contribution in [0, 0.1) is 0 Å². The van der Waals surface area contributed by atoms with Crippen molar-refractivity contribution < 1.29 is 9.53 Å². The molecule has 0 heterocycles. The van der Waals surface area contributed by atoms with Crippen LogP contribution < -0.4 is 0 Å². The molecule has 0 saturated heterocycles. The molecule has 0 N–H and O–H groups in total. The molecule has 0 aromatic carbocycles. The summed E-state index contributed by atoms with van der Waals surface area (Å²) >= 11 is 1.17. The second kappa shape index (κ2) is 4.89. The van der Waals surface area contributed by atoms with Crippen LogP contribution in [0.3, 0.4) is 0 Å². The minimum Gasteiger partial charge on any atom is -0.451 e. The number of rotatable bonds is 2. The summed E-state index contributed by atoms with van der Waals surface area (Å²) in [6, 6.07) is 0. The molecule has 0 amide bonds. The van der Waals surface area contributed by atoms with Gasteiger partial charge in [-0.15, -0.1) is 0 Å². The van der Waals surface area contributed by atoms with E-state index in [1.165, 1.54) is 31.0 Å². The van der Waals surface area contributed by atoms with Crippen molar-refractivity contribution in [2.24, 2.45) is 0 Å². The largest absolute Gasteiger partial charge is 0.451 e. The van der Waals surface area contributed by atoms with Gasteiger partial charge in [0.2, 0.25) is 0 Å². The SMILES string of the molecule is CCC1(OC(=O)SC)CCCCC1. The van der Waals surface area contributed by atoms with Crippen molar-refractivity contribution in [1.29, 1.82) is 0 Å². The molecule has 1 aliphatic rings. The van der Waals surface area contributed by atoms with Crippen molar-refractivity contribution in [1.82, 2.24) is 0 Å². The van der Waals surface area contributed by atoms with Crippen LogP contribution in [-0.4, -0.2) is 17.2 Å². The maximum atomic E-state index is 11.2. The van der Waals surface area contributed by atoms with Crippen LogP contribution in [0.2, 0.25) is 0 Å². The van der Waals surface area contributed by atoms with E-state index < -0.39 is 0 Å². The molecule has 1 rings (SSSR count). The maximum Gasteiger partial charge on any atom is 0.367 e. The van der Waals surface area contributed by atoms with E-state index >= 15 is 0 Å². The average molecular weight is 202 g/mol. The monoisotopic (exact) mass is 202 g/mol. The van der Waals surface area contributed by atoms with E-state index in [-0.39, 0.29) is 10.9 Å². The zero-order chi connectivity index (χ0) is 9.73. The second-order valence-corrected chi connectivity index (χ2v) is 4.39. The molecular formula is C10H18O2S. The van der Waals surface area contributed by atoms with Gasteiger partial charge in [-0.2, -0.15) is 0 Å². The van der Waals surface area contributed by atoms with Crippen molar-refractivity contribution in [3.63, 3.8) is 0 Å². The predicted molar refractivity (Wildman–Crippen MR) is 56.1 cm³/mol. The smallest absolute Gasteiger partial charge is 0.367 e. The van der Waals surface area contributed by atoms with Gasteiger partial charge in [-0.05, 0) is 50.1 Å². The van der Waals surface area contributed by atoms with Crippen LogP contribution >= 0.6 is 11.8 Å². The Labute approximate surface area is 84.4 Å². The summed E-state index contributed by atoms with van der Waals surface area (Å²) in [6.45, 7) is 2.11. The molecule has 1 saturated carbocycles. The lowest BCUT2D eigenvalue weighted by molar-refractivity contribution is -0.00563. The van der Waals surface area contributed by atoms with Crippen LogP contribution in [-0.2, 0) is 4.74 Å². The quantitative estimate of drug-likeness (QED) is 0.640.